The van der Waals surface area contributed by atoms with Gasteiger partial charge >= 0.3 is 0 Å². The van der Waals surface area contributed by atoms with Crippen molar-refractivity contribution in [1.29, 1.82) is 0 Å². The molecule has 100 valence electrons. The summed E-state index contributed by atoms with van der Waals surface area (Å²) in [4.78, 5) is 0. The van der Waals surface area contributed by atoms with Crippen LogP contribution in [0.5, 0.6) is 0 Å². The molecule has 0 aliphatic rings. The molecule has 0 atom stereocenters. The minimum atomic E-state index is 0.420. The summed E-state index contributed by atoms with van der Waals surface area (Å²) >= 11 is 6.01. The van der Waals surface area contributed by atoms with Crippen molar-refractivity contribution in [2.24, 2.45) is 0 Å². The van der Waals surface area contributed by atoms with E-state index in [0.29, 0.717) is 24.9 Å². The van der Waals surface area contributed by atoms with Gasteiger partial charge in [0.2, 0.25) is 0 Å². The first kappa shape index (κ1) is 13.8. The van der Waals surface area contributed by atoms with Crippen LogP contribution in [0.3, 0.4) is 0 Å². The van der Waals surface area contributed by atoms with Gasteiger partial charge in [-0.2, -0.15) is 0 Å². The van der Waals surface area contributed by atoms with Crippen LogP contribution >= 0.6 is 11.6 Å². The van der Waals surface area contributed by atoms with Crippen molar-refractivity contribution in [3.8, 4) is 0 Å². The summed E-state index contributed by atoms with van der Waals surface area (Å²) in [5, 5.41) is 13.5. The molecule has 1 heterocycles. The van der Waals surface area contributed by atoms with Crippen LogP contribution in [0.4, 0.5) is 5.82 Å². The van der Waals surface area contributed by atoms with Crippen LogP contribution in [0.2, 0.25) is 5.15 Å². The molecular weight excluding hydrogens is 262 g/mol. The van der Waals surface area contributed by atoms with Crippen molar-refractivity contribution < 1.29 is 4.74 Å². The van der Waals surface area contributed by atoms with E-state index < -0.39 is 0 Å². The highest BCUT2D eigenvalue weighted by Gasteiger charge is 2.06. The molecular formula is C14H16ClN3O. The Kier molecular flexibility index (Phi) is 5.12. The summed E-state index contributed by atoms with van der Waals surface area (Å²) in [6.07, 6.45) is 2.70. The fraction of sp³-hybridized carbons (Fsp3) is 0.286. The predicted molar refractivity (Wildman–Crippen MR) is 78.7 cm³/mol. The Morgan fingerprint density at radius 2 is 2.00 bits per heavy atom. The highest BCUT2D eigenvalue weighted by atomic mass is 35.5. The van der Waals surface area contributed by atoms with Crippen LogP contribution in [-0.4, -0.2) is 30.0 Å². The van der Waals surface area contributed by atoms with E-state index in [0.717, 1.165) is 23.0 Å². The first-order chi connectivity index (χ1) is 9.33. The number of anilines is 1. The van der Waals surface area contributed by atoms with Crippen LogP contribution in [0.25, 0.3) is 10.8 Å². The lowest BCUT2D eigenvalue weighted by Gasteiger charge is -2.08. The van der Waals surface area contributed by atoms with Crippen molar-refractivity contribution in [3.05, 3.63) is 42.1 Å². The molecule has 0 saturated carbocycles. The molecule has 19 heavy (non-hydrogen) atoms. The van der Waals surface area contributed by atoms with Gasteiger partial charge < -0.3 is 10.1 Å². The normalized spacial score (nSPS) is 10.6. The van der Waals surface area contributed by atoms with Gasteiger partial charge in [-0.3, -0.25) is 0 Å². The largest absolute Gasteiger partial charge is 0.379 e. The Bertz CT molecular complexity index is 559. The third-order valence-corrected chi connectivity index (χ3v) is 2.93. The third kappa shape index (κ3) is 3.66. The third-order valence-electron chi connectivity index (χ3n) is 2.65. The molecule has 0 aliphatic heterocycles. The van der Waals surface area contributed by atoms with Gasteiger partial charge in [-0.05, 0) is 6.42 Å². The Morgan fingerprint density at radius 3 is 2.79 bits per heavy atom. The molecule has 1 aromatic heterocycles. The summed E-state index contributed by atoms with van der Waals surface area (Å²) in [6, 6.07) is 7.78. The van der Waals surface area contributed by atoms with Gasteiger partial charge in [0.25, 0.3) is 0 Å². The van der Waals surface area contributed by atoms with Gasteiger partial charge in [-0.25, -0.2) is 0 Å². The summed E-state index contributed by atoms with van der Waals surface area (Å²) in [7, 11) is 0. The highest BCUT2D eigenvalue weighted by molar-refractivity contribution is 6.34. The molecule has 0 spiro atoms. The maximum atomic E-state index is 6.01. The van der Waals surface area contributed by atoms with Gasteiger partial charge in [-0.1, -0.05) is 41.9 Å². The molecule has 0 saturated heterocycles. The number of halogens is 1. The minimum Gasteiger partial charge on any atom is -0.379 e. The van der Waals surface area contributed by atoms with Crippen LogP contribution in [-0.2, 0) is 4.74 Å². The fourth-order valence-electron chi connectivity index (χ4n) is 1.71. The van der Waals surface area contributed by atoms with Gasteiger partial charge in [0.05, 0.1) is 13.2 Å². The Balaban J connectivity index is 1.97. The number of nitrogens with one attached hydrogen (secondary N) is 1. The van der Waals surface area contributed by atoms with Crippen LogP contribution in [0.15, 0.2) is 36.9 Å². The van der Waals surface area contributed by atoms with Gasteiger partial charge in [0.1, 0.15) is 0 Å². The molecule has 0 amide bonds. The van der Waals surface area contributed by atoms with Gasteiger partial charge in [0.15, 0.2) is 11.0 Å². The fourth-order valence-corrected chi connectivity index (χ4v) is 1.91. The summed E-state index contributed by atoms with van der Waals surface area (Å²) in [6.45, 7) is 5.63. The Labute approximate surface area is 117 Å². The topological polar surface area (TPSA) is 47.0 Å². The molecule has 0 fully saturated rings. The number of aromatic nitrogens is 2. The number of hydrogen-bond acceptors (Lipinski definition) is 4. The summed E-state index contributed by atoms with van der Waals surface area (Å²) < 4.78 is 5.42. The zero-order valence-corrected chi connectivity index (χ0v) is 11.4. The van der Waals surface area contributed by atoms with Crippen LogP contribution < -0.4 is 5.32 Å². The molecule has 2 rings (SSSR count). The number of hydrogen-bond donors (Lipinski definition) is 1. The second kappa shape index (κ2) is 7.07. The average Bonchev–Trinajstić information content (AvgIpc) is 2.45. The number of ether oxygens (including phenoxy) is 1. The maximum absolute atomic E-state index is 6.01. The number of rotatable bonds is 7. The summed E-state index contributed by atoms with van der Waals surface area (Å²) in [5.41, 5.74) is 0. The first-order valence-corrected chi connectivity index (χ1v) is 6.54. The van der Waals surface area contributed by atoms with Crippen LogP contribution in [0, 0.1) is 0 Å². The van der Waals surface area contributed by atoms with E-state index in [1.54, 1.807) is 0 Å². The number of nitrogens with zero attached hydrogens (tertiary/aromatic N) is 2. The lowest BCUT2D eigenvalue weighted by Crippen LogP contribution is -2.11. The molecule has 5 heteroatoms. The number of fused-ring (bicyclic) bond motifs is 1. The predicted octanol–water partition coefficient (Wildman–Crippen LogP) is 3.29. The Hall–Kier alpha value is -1.65. The van der Waals surface area contributed by atoms with Crippen molar-refractivity contribution in [2.75, 3.05) is 25.1 Å². The molecule has 0 unspecified atom stereocenters. The molecule has 0 bridgehead atoms. The highest BCUT2D eigenvalue weighted by Crippen LogP contribution is 2.25. The zero-order valence-electron chi connectivity index (χ0n) is 10.6. The molecule has 0 radical (unpaired) electrons. The smallest absolute Gasteiger partial charge is 0.159 e. The van der Waals surface area contributed by atoms with E-state index in [4.69, 9.17) is 16.3 Å². The molecule has 4 nitrogen and oxygen atoms in total. The molecule has 1 aromatic carbocycles. The van der Waals surface area contributed by atoms with E-state index >= 15 is 0 Å². The Morgan fingerprint density at radius 1 is 1.21 bits per heavy atom. The standard InChI is InChI=1S/C14H16ClN3O/c1-2-3-9-19-10-8-16-14-12-7-5-4-6-11(12)13(15)17-18-14/h2,4-7H,1,3,8-10H2,(H,16,18). The zero-order chi connectivity index (χ0) is 13.5. The van der Waals surface area contributed by atoms with Gasteiger partial charge in [-0.15, -0.1) is 16.8 Å². The van der Waals surface area contributed by atoms with Crippen molar-refractivity contribution in [3.63, 3.8) is 0 Å². The molecule has 1 N–H and O–H groups in total. The van der Waals surface area contributed by atoms with Crippen molar-refractivity contribution in [2.45, 2.75) is 6.42 Å². The SMILES string of the molecule is C=CCCOCCNc1nnc(Cl)c2ccccc12. The second-order valence-electron chi connectivity index (χ2n) is 4.00. The van der Waals surface area contributed by atoms with Crippen molar-refractivity contribution >= 4 is 28.2 Å². The van der Waals surface area contributed by atoms with Crippen LogP contribution in [0.1, 0.15) is 6.42 Å². The monoisotopic (exact) mass is 277 g/mol. The summed E-state index contributed by atoms with van der Waals surface area (Å²) in [5.74, 6) is 0.729. The molecule has 2 aromatic rings. The lowest BCUT2D eigenvalue weighted by molar-refractivity contribution is 0.149. The molecule has 0 aliphatic carbocycles. The van der Waals surface area contributed by atoms with E-state index in [1.807, 2.05) is 30.3 Å². The average molecular weight is 278 g/mol. The first-order valence-electron chi connectivity index (χ1n) is 6.16. The number of benzene rings is 1. The second-order valence-corrected chi connectivity index (χ2v) is 4.36. The van der Waals surface area contributed by atoms with Gasteiger partial charge in [0, 0.05) is 17.3 Å². The van der Waals surface area contributed by atoms with E-state index in [-0.39, 0.29) is 0 Å². The van der Waals surface area contributed by atoms with Crippen molar-refractivity contribution in [1.82, 2.24) is 10.2 Å². The van der Waals surface area contributed by atoms with E-state index in [9.17, 15) is 0 Å². The quantitative estimate of drug-likeness (QED) is 0.623. The van der Waals surface area contributed by atoms with E-state index in [1.165, 1.54) is 0 Å². The maximum Gasteiger partial charge on any atom is 0.159 e. The van der Waals surface area contributed by atoms with E-state index in [2.05, 4.69) is 22.1 Å². The lowest BCUT2D eigenvalue weighted by atomic mass is 10.2. The minimum absolute atomic E-state index is 0.420.